The summed E-state index contributed by atoms with van der Waals surface area (Å²) in [5, 5.41) is 4.14. The van der Waals surface area contributed by atoms with Crippen molar-refractivity contribution >= 4 is 11.0 Å². The van der Waals surface area contributed by atoms with Crippen LogP contribution in [0.15, 0.2) is 47.5 Å². The molecule has 1 saturated heterocycles. The first-order valence-electron chi connectivity index (χ1n) is 11.0. The maximum Gasteiger partial charge on any atom is 0.133 e. The van der Waals surface area contributed by atoms with Gasteiger partial charge in [-0.1, -0.05) is 5.16 Å². The van der Waals surface area contributed by atoms with E-state index in [0.29, 0.717) is 12.0 Å². The third-order valence-electron chi connectivity index (χ3n) is 6.14. The van der Waals surface area contributed by atoms with Crippen LogP contribution >= 0.6 is 0 Å². The van der Waals surface area contributed by atoms with Crippen molar-refractivity contribution in [3.8, 4) is 11.3 Å². The monoisotopic (exact) mass is 416 g/mol. The zero-order valence-electron chi connectivity index (χ0n) is 18.3. The number of fused-ring (bicyclic) bond motifs is 1. The Morgan fingerprint density at radius 3 is 2.71 bits per heavy atom. The van der Waals surface area contributed by atoms with Gasteiger partial charge in [-0.3, -0.25) is 14.9 Å². The summed E-state index contributed by atoms with van der Waals surface area (Å²) in [5.74, 6) is 1.30. The Balaban J connectivity index is 1.44. The van der Waals surface area contributed by atoms with Crippen LogP contribution in [0.25, 0.3) is 22.3 Å². The number of pyridine rings is 2. The van der Waals surface area contributed by atoms with E-state index in [1.54, 1.807) is 6.20 Å². The molecule has 1 aliphatic heterocycles. The highest BCUT2D eigenvalue weighted by Gasteiger charge is 2.25. The molecule has 5 heterocycles. The second-order valence-electron chi connectivity index (χ2n) is 8.73. The number of piperidine rings is 1. The van der Waals surface area contributed by atoms with E-state index < -0.39 is 0 Å². The molecule has 31 heavy (non-hydrogen) atoms. The number of hydrogen-bond donors (Lipinski definition) is 0. The Bertz CT molecular complexity index is 1170. The van der Waals surface area contributed by atoms with Gasteiger partial charge in [0.1, 0.15) is 11.3 Å². The molecule has 7 heteroatoms. The van der Waals surface area contributed by atoms with E-state index in [2.05, 4.69) is 45.6 Å². The van der Waals surface area contributed by atoms with Gasteiger partial charge in [0.2, 0.25) is 0 Å². The van der Waals surface area contributed by atoms with Gasteiger partial charge in [0.15, 0.2) is 0 Å². The minimum absolute atomic E-state index is 0.342. The smallest absolute Gasteiger partial charge is 0.133 e. The number of imidazole rings is 1. The average Bonchev–Trinajstić information content (AvgIpc) is 3.40. The van der Waals surface area contributed by atoms with Crippen molar-refractivity contribution in [2.45, 2.75) is 52.1 Å². The van der Waals surface area contributed by atoms with Crippen molar-refractivity contribution in [2.24, 2.45) is 0 Å². The summed E-state index contributed by atoms with van der Waals surface area (Å²) in [6.45, 7) is 9.22. The first-order chi connectivity index (χ1) is 15.1. The molecule has 1 fully saturated rings. The number of hydrogen-bond acceptors (Lipinski definition) is 6. The van der Waals surface area contributed by atoms with Gasteiger partial charge in [0, 0.05) is 48.2 Å². The fraction of sp³-hybridized carbons (Fsp3) is 0.417. The maximum absolute atomic E-state index is 5.22. The van der Waals surface area contributed by atoms with E-state index in [4.69, 9.17) is 14.5 Å². The van der Waals surface area contributed by atoms with E-state index in [1.165, 1.54) is 0 Å². The molecular weight excluding hydrogens is 388 g/mol. The van der Waals surface area contributed by atoms with Gasteiger partial charge < -0.3 is 9.09 Å². The van der Waals surface area contributed by atoms with Gasteiger partial charge >= 0.3 is 0 Å². The molecule has 0 aromatic carbocycles. The fourth-order valence-corrected chi connectivity index (χ4v) is 4.48. The lowest BCUT2D eigenvalue weighted by Gasteiger charge is -2.31. The van der Waals surface area contributed by atoms with Crippen molar-refractivity contribution in [3.05, 3.63) is 60.1 Å². The second kappa shape index (κ2) is 8.23. The molecule has 0 N–H and O–H groups in total. The van der Waals surface area contributed by atoms with Crippen LogP contribution < -0.4 is 0 Å². The van der Waals surface area contributed by atoms with E-state index in [1.807, 2.05) is 31.6 Å². The summed E-state index contributed by atoms with van der Waals surface area (Å²) in [5.41, 5.74) is 6.22. The Morgan fingerprint density at radius 1 is 1.19 bits per heavy atom. The van der Waals surface area contributed by atoms with Gasteiger partial charge in [-0.05, 0) is 64.9 Å². The first-order valence-corrected chi connectivity index (χ1v) is 11.0. The zero-order valence-corrected chi connectivity index (χ0v) is 18.3. The Morgan fingerprint density at radius 2 is 2.03 bits per heavy atom. The van der Waals surface area contributed by atoms with Crippen molar-refractivity contribution < 1.29 is 4.52 Å². The number of aryl methyl sites for hydroxylation is 1. The van der Waals surface area contributed by atoms with Gasteiger partial charge in [0.25, 0.3) is 0 Å². The zero-order chi connectivity index (χ0) is 21.4. The van der Waals surface area contributed by atoms with Crippen LogP contribution in [-0.2, 0) is 6.54 Å². The van der Waals surface area contributed by atoms with Crippen LogP contribution in [0.4, 0.5) is 0 Å². The molecule has 0 amide bonds. The highest BCUT2D eigenvalue weighted by Crippen LogP contribution is 2.34. The number of rotatable bonds is 5. The van der Waals surface area contributed by atoms with Crippen LogP contribution in [0.2, 0.25) is 0 Å². The third-order valence-corrected chi connectivity index (χ3v) is 6.14. The van der Waals surface area contributed by atoms with E-state index in [0.717, 1.165) is 71.9 Å². The van der Waals surface area contributed by atoms with Gasteiger partial charge in [-0.25, -0.2) is 4.98 Å². The fourth-order valence-electron chi connectivity index (χ4n) is 4.48. The summed E-state index contributed by atoms with van der Waals surface area (Å²) in [7, 11) is 0. The normalized spacial score (nSPS) is 15.9. The largest absolute Gasteiger partial charge is 0.361 e. The Kier molecular flexibility index (Phi) is 5.28. The SMILES string of the molecule is Cc1cc(CN2CCC(c3cc4c(ncn4C(C)C)c(-c4cccnc4)n3)CC2)no1. The van der Waals surface area contributed by atoms with Crippen LogP contribution in [-0.4, -0.2) is 42.7 Å². The molecule has 0 saturated carbocycles. The molecule has 0 spiro atoms. The van der Waals surface area contributed by atoms with Gasteiger partial charge in [-0.15, -0.1) is 0 Å². The van der Waals surface area contributed by atoms with E-state index in [-0.39, 0.29) is 0 Å². The molecule has 1 aliphatic rings. The van der Waals surface area contributed by atoms with Crippen LogP contribution in [0.3, 0.4) is 0 Å². The molecule has 4 aromatic rings. The van der Waals surface area contributed by atoms with Crippen LogP contribution in [0, 0.1) is 6.92 Å². The summed E-state index contributed by atoms with van der Waals surface area (Å²) < 4.78 is 7.45. The highest BCUT2D eigenvalue weighted by atomic mass is 16.5. The molecule has 0 aliphatic carbocycles. The predicted octanol–water partition coefficient (Wildman–Crippen LogP) is 4.75. The van der Waals surface area contributed by atoms with Crippen LogP contribution in [0.1, 0.15) is 55.8 Å². The van der Waals surface area contributed by atoms with Crippen molar-refractivity contribution in [1.82, 2.24) is 29.6 Å². The Labute approximate surface area is 182 Å². The third kappa shape index (κ3) is 3.97. The molecule has 0 unspecified atom stereocenters. The molecule has 0 bridgehead atoms. The molecule has 160 valence electrons. The molecule has 7 nitrogen and oxygen atoms in total. The van der Waals surface area contributed by atoms with E-state index >= 15 is 0 Å². The van der Waals surface area contributed by atoms with Crippen LogP contribution in [0.5, 0.6) is 0 Å². The minimum Gasteiger partial charge on any atom is -0.361 e. The molecule has 5 rings (SSSR count). The topological polar surface area (TPSA) is 72.9 Å². The molecular formula is C24H28N6O. The molecule has 0 atom stereocenters. The quantitative estimate of drug-likeness (QED) is 0.467. The molecule has 0 radical (unpaired) electrons. The minimum atomic E-state index is 0.342. The predicted molar refractivity (Wildman–Crippen MR) is 120 cm³/mol. The summed E-state index contributed by atoms with van der Waals surface area (Å²) in [6.07, 6.45) is 7.77. The lowest BCUT2D eigenvalue weighted by atomic mass is 9.92. The van der Waals surface area contributed by atoms with Gasteiger partial charge in [-0.2, -0.15) is 0 Å². The number of aromatic nitrogens is 5. The highest BCUT2D eigenvalue weighted by molar-refractivity contribution is 5.90. The van der Waals surface area contributed by atoms with Crippen molar-refractivity contribution in [3.63, 3.8) is 0 Å². The maximum atomic E-state index is 5.22. The van der Waals surface area contributed by atoms with Crippen molar-refractivity contribution in [1.29, 1.82) is 0 Å². The number of nitrogens with zero attached hydrogens (tertiary/aromatic N) is 6. The molecule has 4 aromatic heterocycles. The first kappa shape index (κ1) is 19.9. The van der Waals surface area contributed by atoms with E-state index in [9.17, 15) is 0 Å². The number of likely N-dealkylation sites (tertiary alicyclic amines) is 1. The Hall–Kier alpha value is -3.06. The van der Waals surface area contributed by atoms with Gasteiger partial charge in [0.05, 0.1) is 23.2 Å². The summed E-state index contributed by atoms with van der Waals surface area (Å²) in [4.78, 5) is 16.6. The standard InChI is InChI=1S/C24H28N6O/c1-16(2)30-15-26-24-22(30)12-21(27-23(24)19-5-4-8-25-13-19)18-6-9-29(10-7-18)14-20-11-17(3)31-28-20/h4-5,8,11-13,15-16,18H,6-7,9-10,14H2,1-3H3. The lowest BCUT2D eigenvalue weighted by Crippen LogP contribution is -2.32. The average molecular weight is 417 g/mol. The summed E-state index contributed by atoms with van der Waals surface area (Å²) in [6, 6.07) is 8.64. The lowest BCUT2D eigenvalue weighted by molar-refractivity contribution is 0.198. The summed E-state index contributed by atoms with van der Waals surface area (Å²) >= 11 is 0. The van der Waals surface area contributed by atoms with Crippen molar-refractivity contribution in [2.75, 3.05) is 13.1 Å². The second-order valence-corrected chi connectivity index (χ2v) is 8.73.